The molecule has 6 nitrogen and oxygen atoms in total. The quantitative estimate of drug-likeness (QED) is 0.845. The van der Waals surface area contributed by atoms with E-state index in [2.05, 4.69) is 19.5 Å². The Kier molecular flexibility index (Phi) is 4.51. The van der Waals surface area contributed by atoms with Gasteiger partial charge in [-0.15, -0.1) is 5.10 Å². The van der Waals surface area contributed by atoms with E-state index in [1.165, 1.54) is 6.26 Å². The number of aromatic nitrogens is 3. The number of piperidine rings is 1. The van der Waals surface area contributed by atoms with E-state index < -0.39 is 9.84 Å². The minimum absolute atomic E-state index is 0.126. The maximum atomic E-state index is 11.8. The molecule has 22 heavy (non-hydrogen) atoms. The van der Waals surface area contributed by atoms with Crippen LogP contribution in [0.4, 0.5) is 0 Å². The second-order valence-electron chi connectivity index (χ2n) is 5.61. The van der Waals surface area contributed by atoms with E-state index in [9.17, 15) is 8.42 Å². The first-order valence-corrected chi connectivity index (χ1v) is 9.85. The Bertz CT molecular complexity index is 730. The summed E-state index contributed by atoms with van der Waals surface area (Å²) in [5.74, 6) is 0.126. The van der Waals surface area contributed by atoms with Crippen LogP contribution in [-0.4, -0.2) is 47.2 Å². The van der Waals surface area contributed by atoms with Gasteiger partial charge in [0.15, 0.2) is 14.0 Å². The first-order valence-electron chi connectivity index (χ1n) is 7.18. The standard InChI is InChI=1S/C14H18N4O2S2/c1-22(19,20)14-13(16-17-21-14)11-5-4-8-18(9-11)10-12-6-2-3-7-15-12/h2-3,6-7,11H,4-5,8-10H2,1H3. The highest BCUT2D eigenvalue weighted by Gasteiger charge is 2.29. The minimum atomic E-state index is -3.25. The summed E-state index contributed by atoms with van der Waals surface area (Å²) in [5, 5.41) is 4.09. The van der Waals surface area contributed by atoms with Crippen molar-refractivity contribution >= 4 is 21.4 Å². The highest BCUT2D eigenvalue weighted by Crippen LogP contribution is 2.32. The fraction of sp³-hybridized carbons (Fsp3) is 0.500. The first-order chi connectivity index (χ1) is 10.5. The number of rotatable bonds is 4. The van der Waals surface area contributed by atoms with Gasteiger partial charge in [-0.25, -0.2) is 8.42 Å². The van der Waals surface area contributed by atoms with Gasteiger partial charge in [-0.3, -0.25) is 9.88 Å². The molecule has 1 saturated heterocycles. The molecule has 0 spiro atoms. The average Bonchev–Trinajstić information content (AvgIpc) is 2.98. The lowest BCUT2D eigenvalue weighted by molar-refractivity contribution is 0.195. The van der Waals surface area contributed by atoms with Crippen LogP contribution >= 0.6 is 11.5 Å². The van der Waals surface area contributed by atoms with Crippen molar-refractivity contribution in [2.24, 2.45) is 0 Å². The molecule has 0 aliphatic carbocycles. The SMILES string of the molecule is CS(=O)(=O)c1snnc1C1CCCN(Cc2ccccn2)C1. The molecule has 2 aromatic rings. The second-order valence-corrected chi connectivity index (χ2v) is 8.58. The number of nitrogens with zero attached hydrogens (tertiary/aromatic N) is 4. The molecule has 2 aromatic heterocycles. The van der Waals surface area contributed by atoms with Gasteiger partial charge in [-0.05, 0) is 31.5 Å². The molecule has 8 heteroatoms. The van der Waals surface area contributed by atoms with E-state index in [1.54, 1.807) is 6.20 Å². The molecule has 0 amide bonds. The van der Waals surface area contributed by atoms with Crippen molar-refractivity contribution in [2.75, 3.05) is 19.3 Å². The Hall–Kier alpha value is -1.38. The maximum Gasteiger partial charge on any atom is 0.188 e. The fourth-order valence-electron chi connectivity index (χ4n) is 2.84. The topological polar surface area (TPSA) is 76.1 Å². The normalized spacial score (nSPS) is 20.1. The first kappa shape index (κ1) is 15.5. The molecule has 1 unspecified atom stereocenters. The molecule has 1 atom stereocenters. The Morgan fingerprint density at radius 2 is 2.27 bits per heavy atom. The van der Waals surface area contributed by atoms with Crippen molar-refractivity contribution in [3.63, 3.8) is 0 Å². The molecule has 0 saturated carbocycles. The van der Waals surface area contributed by atoms with Gasteiger partial charge in [0.1, 0.15) is 0 Å². The largest absolute Gasteiger partial charge is 0.297 e. The Balaban J connectivity index is 1.75. The third-order valence-corrected chi connectivity index (χ3v) is 6.37. The smallest absolute Gasteiger partial charge is 0.188 e. The van der Waals surface area contributed by atoms with Crippen molar-refractivity contribution in [1.82, 2.24) is 19.5 Å². The monoisotopic (exact) mass is 338 g/mol. The third-order valence-electron chi connectivity index (χ3n) is 3.82. The van der Waals surface area contributed by atoms with Gasteiger partial charge in [0.25, 0.3) is 0 Å². The molecule has 0 aromatic carbocycles. The fourth-order valence-corrected chi connectivity index (χ4v) is 4.57. The molecule has 1 aliphatic rings. The zero-order valence-corrected chi connectivity index (χ0v) is 14.0. The van der Waals surface area contributed by atoms with E-state index in [1.807, 2.05) is 18.2 Å². The van der Waals surface area contributed by atoms with Crippen LogP contribution in [0.5, 0.6) is 0 Å². The third kappa shape index (κ3) is 3.50. The zero-order valence-electron chi connectivity index (χ0n) is 12.3. The van der Waals surface area contributed by atoms with Crippen molar-refractivity contribution in [1.29, 1.82) is 0 Å². The summed E-state index contributed by atoms with van der Waals surface area (Å²) >= 11 is 0.975. The van der Waals surface area contributed by atoms with E-state index in [4.69, 9.17) is 0 Å². The van der Waals surface area contributed by atoms with E-state index in [-0.39, 0.29) is 5.92 Å². The van der Waals surface area contributed by atoms with Crippen molar-refractivity contribution in [2.45, 2.75) is 29.5 Å². The predicted molar refractivity (Wildman–Crippen MR) is 84.5 cm³/mol. The number of hydrogen-bond acceptors (Lipinski definition) is 7. The van der Waals surface area contributed by atoms with E-state index in [0.717, 1.165) is 49.7 Å². The molecular formula is C14H18N4O2S2. The average molecular weight is 338 g/mol. The van der Waals surface area contributed by atoms with Crippen LogP contribution in [0.2, 0.25) is 0 Å². The summed E-state index contributed by atoms with van der Waals surface area (Å²) in [5.41, 5.74) is 1.67. The highest BCUT2D eigenvalue weighted by molar-refractivity contribution is 7.92. The van der Waals surface area contributed by atoms with Gasteiger partial charge in [0, 0.05) is 43.0 Å². The minimum Gasteiger partial charge on any atom is -0.297 e. The van der Waals surface area contributed by atoms with Gasteiger partial charge >= 0.3 is 0 Å². The summed E-state index contributed by atoms with van der Waals surface area (Å²) in [6, 6.07) is 5.90. The van der Waals surface area contributed by atoms with Crippen LogP contribution in [0.25, 0.3) is 0 Å². The molecule has 1 fully saturated rings. The van der Waals surface area contributed by atoms with E-state index >= 15 is 0 Å². The summed E-state index contributed by atoms with van der Waals surface area (Å²) < 4.78 is 27.8. The Morgan fingerprint density at radius 3 is 3.00 bits per heavy atom. The number of sulfone groups is 1. The van der Waals surface area contributed by atoms with Crippen LogP contribution in [0.3, 0.4) is 0 Å². The predicted octanol–water partition coefficient (Wildman–Crippen LogP) is 1.72. The molecule has 118 valence electrons. The molecule has 3 heterocycles. The number of likely N-dealkylation sites (tertiary alicyclic amines) is 1. The lowest BCUT2D eigenvalue weighted by Crippen LogP contribution is -2.34. The van der Waals surface area contributed by atoms with E-state index in [0.29, 0.717) is 9.90 Å². The summed E-state index contributed by atoms with van der Waals surface area (Å²) in [6.07, 6.45) is 4.99. The zero-order chi connectivity index (χ0) is 15.6. The number of pyridine rings is 1. The summed E-state index contributed by atoms with van der Waals surface area (Å²) in [4.78, 5) is 6.66. The molecule has 1 aliphatic heterocycles. The maximum absolute atomic E-state index is 11.8. The summed E-state index contributed by atoms with van der Waals surface area (Å²) in [7, 11) is -3.25. The molecule has 0 N–H and O–H groups in total. The van der Waals surface area contributed by atoms with Crippen molar-refractivity contribution in [3.8, 4) is 0 Å². The Labute approximate surface area is 134 Å². The van der Waals surface area contributed by atoms with Crippen LogP contribution in [-0.2, 0) is 16.4 Å². The van der Waals surface area contributed by atoms with Gasteiger partial charge in [0.05, 0.1) is 11.4 Å². The van der Waals surface area contributed by atoms with Crippen LogP contribution in [0, 0.1) is 0 Å². The van der Waals surface area contributed by atoms with Gasteiger partial charge < -0.3 is 0 Å². The molecule has 3 rings (SSSR count). The van der Waals surface area contributed by atoms with Crippen LogP contribution < -0.4 is 0 Å². The van der Waals surface area contributed by atoms with Gasteiger partial charge in [-0.2, -0.15) is 0 Å². The lowest BCUT2D eigenvalue weighted by atomic mass is 9.95. The molecule has 0 bridgehead atoms. The van der Waals surface area contributed by atoms with Crippen LogP contribution in [0.15, 0.2) is 28.6 Å². The highest BCUT2D eigenvalue weighted by atomic mass is 32.2. The molecule has 0 radical (unpaired) electrons. The Morgan fingerprint density at radius 1 is 1.41 bits per heavy atom. The van der Waals surface area contributed by atoms with Crippen molar-refractivity contribution < 1.29 is 8.42 Å². The number of hydrogen-bond donors (Lipinski definition) is 0. The molecular weight excluding hydrogens is 320 g/mol. The summed E-state index contributed by atoms with van der Waals surface area (Å²) in [6.45, 7) is 2.58. The second kappa shape index (κ2) is 6.39. The van der Waals surface area contributed by atoms with Gasteiger partial charge in [0.2, 0.25) is 0 Å². The van der Waals surface area contributed by atoms with Gasteiger partial charge in [-0.1, -0.05) is 10.6 Å². The van der Waals surface area contributed by atoms with Crippen LogP contribution in [0.1, 0.15) is 30.1 Å². The van der Waals surface area contributed by atoms with Crippen molar-refractivity contribution in [3.05, 3.63) is 35.8 Å². The lowest BCUT2D eigenvalue weighted by Gasteiger charge is -2.31.